The Morgan fingerprint density at radius 2 is 1.69 bits per heavy atom. The first-order chi connectivity index (χ1) is 13.7. The zero-order valence-corrected chi connectivity index (χ0v) is 17.7. The van der Waals surface area contributed by atoms with Crippen LogP contribution in [0.1, 0.15) is 37.5 Å². The molecule has 2 rings (SSSR count). The summed E-state index contributed by atoms with van der Waals surface area (Å²) in [6.45, 7) is 9.57. The van der Waals surface area contributed by atoms with Gasteiger partial charge in [0.25, 0.3) is 0 Å². The summed E-state index contributed by atoms with van der Waals surface area (Å²) in [6.07, 6.45) is -0.665. The predicted molar refractivity (Wildman–Crippen MR) is 114 cm³/mol. The molecule has 1 atom stereocenters. The van der Waals surface area contributed by atoms with Gasteiger partial charge in [-0.05, 0) is 57.4 Å². The molecule has 2 aromatic carbocycles. The lowest BCUT2D eigenvalue weighted by molar-refractivity contribution is -0.119. The molecule has 0 aromatic heterocycles. The van der Waals surface area contributed by atoms with Crippen LogP contribution < -0.4 is 10.6 Å². The first-order valence-corrected chi connectivity index (χ1v) is 9.64. The normalized spacial score (nSPS) is 12.2. The van der Waals surface area contributed by atoms with Gasteiger partial charge in [-0.25, -0.2) is 4.79 Å². The lowest BCUT2D eigenvalue weighted by atomic mass is 10.1. The summed E-state index contributed by atoms with van der Waals surface area (Å²) in [6, 6.07) is 14.4. The predicted octanol–water partition coefficient (Wildman–Crippen LogP) is 4.35. The van der Waals surface area contributed by atoms with Crippen molar-refractivity contribution < 1.29 is 19.1 Å². The molecular weight excluding hydrogens is 368 g/mol. The standard InChI is InChI=1S/C23H30N2O4/c1-16-10-9-13-19(17(16)2)24-21(26)20(25-22(27)29-23(3,4)5)15-28-14-18-11-7-6-8-12-18/h6-13,20H,14-15H2,1-5H3,(H,24,26)(H,25,27). The molecule has 0 bridgehead atoms. The van der Waals surface area contributed by atoms with Crippen LogP contribution in [0.5, 0.6) is 0 Å². The monoisotopic (exact) mass is 398 g/mol. The van der Waals surface area contributed by atoms with Crippen LogP contribution in [-0.4, -0.2) is 30.3 Å². The molecule has 6 heteroatoms. The van der Waals surface area contributed by atoms with E-state index in [-0.39, 0.29) is 12.5 Å². The van der Waals surface area contributed by atoms with Gasteiger partial charge in [-0.15, -0.1) is 0 Å². The van der Waals surface area contributed by atoms with Crippen molar-refractivity contribution in [2.45, 2.75) is 52.9 Å². The fourth-order valence-corrected chi connectivity index (χ4v) is 2.61. The second kappa shape index (κ2) is 10.1. The Hall–Kier alpha value is -2.86. The second-order valence-electron chi connectivity index (χ2n) is 7.94. The lowest BCUT2D eigenvalue weighted by Gasteiger charge is -2.23. The van der Waals surface area contributed by atoms with E-state index in [1.54, 1.807) is 20.8 Å². The number of rotatable bonds is 7. The summed E-state index contributed by atoms with van der Waals surface area (Å²) in [5, 5.41) is 5.49. The second-order valence-corrected chi connectivity index (χ2v) is 7.94. The van der Waals surface area contributed by atoms with Crippen LogP contribution in [0, 0.1) is 13.8 Å². The van der Waals surface area contributed by atoms with Crippen LogP contribution in [0.3, 0.4) is 0 Å². The average Bonchev–Trinajstić information content (AvgIpc) is 2.64. The van der Waals surface area contributed by atoms with E-state index >= 15 is 0 Å². The molecule has 1 unspecified atom stereocenters. The van der Waals surface area contributed by atoms with E-state index in [1.165, 1.54) is 0 Å². The summed E-state index contributed by atoms with van der Waals surface area (Å²) < 4.78 is 11.0. The van der Waals surface area contributed by atoms with Gasteiger partial charge >= 0.3 is 6.09 Å². The maximum atomic E-state index is 12.9. The van der Waals surface area contributed by atoms with E-state index in [0.717, 1.165) is 16.7 Å². The molecule has 2 amide bonds. The van der Waals surface area contributed by atoms with Gasteiger partial charge in [0, 0.05) is 5.69 Å². The molecule has 2 aromatic rings. The van der Waals surface area contributed by atoms with Crippen LogP contribution in [0.4, 0.5) is 10.5 Å². The van der Waals surface area contributed by atoms with Gasteiger partial charge in [0.15, 0.2) is 0 Å². The molecule has 0 saturated carbocycles. The van der Waals surface area contributed by atoms with E-state index in [0.29, 0.717) is 12.3 Å². The summed E-state index contributed by atoms with van der Waals surface area (Å²) in [7, 11) is 0. The maximum Gasteiger partial charge on any atom is 0.408 e. The van der Waals surface area contributed by atoms with E-state index in [9.17, 15) is 9.59 Å². The number of carbonyl (C=O) groups is 2. The number of aryl methyl sites for hydroxylation is 1. The summed E-state index contributed by atoms with van der Waals surface area (Å²) in [5.74, 6) is -0.363. The minimum Gasteiger partial charge on any atom is -0.444 e. The van der Waals surface area contributed by atoms with Crippen LogP contribution in [0.25, 0.3) is 0 Å². The van der Waals surface area contributed by atoms with Gasteiger partial charge < -0.3 is 20.1 Å². The third-order valence-electron chi connectivity index (χ3n) is 4.27. The molecule has 156 valence electrons. The first kappa shape index (κ1) is 22.4. The quantitative estimate of drug-likeness (QED) is 0.727. The van der Waals surface area contributed by atoms with E-state index in [2.05, 4.69) is 10.6 Å². The molecule has 0 saturated heterocycles. The van der Waals surface area contributed by atoms with Crippen molar-refractivity contribution in [2.24, 2.45) is 0 Å². The highest BCUT2D eigenvalue weighted by Crippen LogP contribution is 2.18. The third kappa shape index (κ3) is 7.58. The fourth-order valence-electron chi connectivity index (χ4n) is 2.61. The van der Waals surface area contributed by atoms with Crippen molar-refractivity contribution in [2.75, 3.05) is 11.9 Å². The van der Waals surface area contributed by atoms with Crippen LogP contribution in [0.15, 0.2) is 48.5 Å². The lowest BCUT2D eigenvalue weighted by Crippen LogP contribution is -2.48. The van der Waals surface area contributed by atoms with Crippen LogP contribution >= 0.6 is 0 Å². The molecule has 29 heavy (non-hydrogen) atoms. The topological polar surface area (TPSA) is 76.7 Å². The molecule has 0 radical (unpaired) electrons. The van der Waals surface area contributed by atoms with Crippen molar-refractivity contribution >= 4 is 17.7 Å². The summed E-state index contributed by atoms with van der Waals surface area (Å²) in [5.41, 5.74) is 3.07. The van der Waals surface area contributed by atoms with Crippen LogP contribution in [-0.2, 0) is 20.9 Å². The highest BCUT2D eigenvalue weighted by molar-refractivity contribution is 5.97. The number of alkyl carbamates (subject to hydrolysis) is 1. The largest absolute Gasteiger partial charge is 0.444 e. The number of ether oxygens (including phenoxy) is 2. The Kier molecular flexibility index (Phi) is 7.79. The minimum atomic E-state index is -0.895. The number of anilines is 1. The van der Waals surface area contributed by atoms with Gasteiger partial charge in [-0.3, -0.25) is 4.79 Å². The molecule has 0 aliphatic heterocycles. The summed E-state index contributed by atoms with van der Waals surface area (Å²) >= 11 is 0. The Balaban J connectivity index is 2.06. The molecule has 0 spiro atoms. The Morgan fingerprint density at radius 1 is 1.00 bits per heavy atom. The first-order valence-electron chi connectivity index (χ1n) is 9.64. The highest BCUT2D eigenvalue weighted by Gasteiger charge is 2.25. The third-order valence-corrected chi connectivity index (χ3v) is 4.27. The number of amides is 2. The fraction of sp³-hybridized carbons (Fsp3) is 0.391. The smallest absolute Gasteiger partial charge is 0.408 e. The minimum absolute atomic E-state index is 0.0187. The van der Waals surface area contributed by atoms with E-state index in [4.69, 9.17) is 9.47 Å². The Morgan fingerprint density at radius 3 is 2.34 bits per heavy atom. The van der Waals surface area contributed by atoms with Crippen molar-refractivity contribution in [3.05, 3.63) is 65.2 Å². The van der Waals surface area contributed by atoms with Crippen molar-refractivity contribution in [1.82, 2.24) is 5.32 Å². The SMILES string of the molecule is Cc1cccc(NC(=O)C(COCc2ccccc2)NC(=O)OC(C)(C)C)c1C. The molecule has 0 aliphatic carbocycles. The highest BCUT2D eigenvalue weighted by atomic mass is 16.6. The molecular formula is C23H30N2O4. The number of hydrogen-bond acceptors (Lipinski definition) is 4. The van der Waals surface area contributed by atoms with Gasteiger partial charge in [0.05, 0.1) is 13.2 Å². The maximum absolute atomic E-state index is 12.9. The van der Waals surface area contributed by atoms with Gasteiger partial charge in [-0.1, -0.05) is 42.5 Å². The molecule has 0 fully saturated rings. The average molecular weight is 399 g/mol. The van der Waals surface area contributed by atoms with Crippen molar-refractivity contribution in [3.8, 4) is 0 Å². The van der Waals surface area contributed by atoms with Gasteiger partial charge in [0.1, 0.15) is 11.6 Å². The van der Waals surface area contributed by atoms with Crippen molar-refractivity contribution in [1.29, 1.82) is 0 Å². The zero-order chi connectivity index (χ0) is 21.4. The molecule has 6 nitrogen and oxygen atoms in total. The Bertz CT molecular complexity index is 829. The van der Waals surface area contributed by atoms with E-state index in [1.807, 2.05) is 62.4 Å². The van der Waals surface area contributed by atoms with Gasteiger partial charge in [0.2, 0.25) is 5.91 Å². The number of hydrogen-bond donors (Lipinski definition) is 2. The molecule has 0 aliphatic rings. The number of nitrogens with one attached hydrogen (secondary N) is 2. The summed E-state index contributed by atoms with van der Waals surface area (Å²) in [4.78, 5) is 25.1. The van der Waals surface area contributed by atoms with Crippen molar-refractivity contribution in [3.63, 3.8) is 0 Å². The van der Waals surface area contributed by atoms with E-state index < -0.39 is 17.7 Å². The number of carbonyl (C=O) groups excluding carboxylic acids is 2. The Labute approximate surface area is 172 Å². The number of benzene rings is 2. The zero-order valence-electron chi connectivity index (χ0n) is 17.7. The van der Waals surface area contributed by atoms with Gasteiger partial charge in [-0.2, -0.15) is 0 Å². The van der Waals surface area contributed by atoms with Crippen LogP contribution in [0.2, 0.25) is 0 Å². The molecule has 2 N–H and O–H groups in total. The molecule has 0 heterocycles.